The summed E-state index contributed by atoms with van der Waals surface area (Å²) in [4.78, 5) is 4.58. The fourth-order valence-electron chi connectivity index (χ4n) is 3.46. The Morgan fingerprint density at radius 2 is 1.71 bits per heavy atom. The van der Waals surface area contributed by atoms with Crippen LogP contribution in [-0.2, 0) is 6.42 Å². The maximum absolute atomic E-state index is 6.52. The minimum absolute atomic E-state index is 0.461. The molecular weight excluding hydrogens is 455 g/mol. The zero-order valence-corrected chi connectivity index (χ0v) is 19.5. The number of aromatic nitrogens is 4. The van der Waals surface area contributed by atoms with Gasteiger partial charge in [-0.3, -0.25) is 0 Å². The Labute approximate surface area is 195 Å². The van der Waals surface area contributed by atoms with E-state index in [1.165, 1.54) is 0 Å². The van der Waals surface area contributed by atoms with Crippen LogP contribution in [0.3, 0.4) is 0 Å². The molecule has 5 nitrogen and oxygen atoms in total. The molecule has 0 aliphatic rings. The van der Waals surface area contributed by atoms with E-state index >= 15 is 0 Å². The molecule has 4 aromatic rings. The number of unbranched alkanes of at least 4 members (excludes halogenated alkanes) is 2. The molecule has 0 N–H and O–H groups in total. The van der Waals surface area contributed by atoms with Crippen LogP contribution in [0.4, 0.5) is 0 Å². The molecule has 160 valence electrons. The molecule has 2 aromatic heterocycles. The summed E-state index contributed by atoms with van der Waals surface area (Å²) in [5.41, 5.74) is 4.07. The van der Waals surface area contributed by atoms with Gasteiger partial charge in [0.25, 0.3) is 0 Å². The van der Waals surface area contributed by atoms with Crippen LogP contribution >= 0.6 is 34.8 Å². The number of benzene rings is 2. The highest BCUT2D eigenvalue weighted by molar-refractivity contribution is 6.35. The molecule has 0 unspecified atom stereocenters. The smallest absolute Gasteiger partial charge is 0.227 e. The van der Waals surface area contributed by atoms with E-state index in [-0.39, 0.29) is 0 Å². The van der Waals surface area contributed by atoms with E-state index in [4.69, 9.17) is 44.4 Å². The first-order valence-electron chi connectivity index (χ1n) is 10.1. The summed E-state index contributed by atoms with van der Waals surface area (Å²) in [7, 11) is 0. The fourth-order valence-corrected chi connectivity index (χ4v) is 4.08. The molecule has 0 aliphatic carbocycles. The summed E-state index contributed by atoms with van der Waals surface area (Å²) >= 11 is 18.7. The number of aryl methyl sites for hydroxylation is 1. The SMILES string of the molecule is CCCCCc1nc(-c2nn(-c3ccc(Cl)cc3Cl)c(-c3ccc(Cl)cc3)c2C)no1. The zero-order valence-electron chi connectivity index (χ0n) is 17.2. The van der Waals surface area contributed by atoms with Gasteiger partial charge in [-0.05, 0) is 43.7 Å². The standard InChI is InChI=1S/C23H21Cl3N4O/c1-3-4-5-6-20-27-23(29-31-20)21-14(2)22(15-7-9-16(24)10-8-15)30(28-21)19-12-11-17(25)13-18(19)26/h7-13H,3-6H2,1-2H3. The predicted molar refractivity (Wildman–Crippen MR) is 125 cm³/mol. The number of hydrogen-bond acceptors (Lipinski definition) is 4. The third kappa shape index (κ3) is 4.64. The monoisotopic (exact) mass is 474 g/mol. The van der Waals surface area contributed by atoms with E-state index in [2.05, 4.69) is 17.1 Å². The van der Waals surface area contributed by atoms with Crippen LogP contribution in [0.15, 0.2) is 47.0 Å². The molecule has 0 spiro atoms. The molecule has 2 aromatic carbocycles. The number of rotatable bonds is 7. The van der Waals surface area contributed by atoms with Crippen LogP contribution in [0, 0.1) is 6.92 Å². The number of halogens is 3. The van der Waals surface area contributed by atoms with Crippen molar-refractivity contribution in [2.45, 2.75) is 39.5 Å². The molecule has 0 radical (unpaired) electrons. The molecular formula is C23H21Cl3N4O. The van der Waals surface area contributed by atoms with E-state index in [0.717, 1.165) is 42.5 Å². The zero-order chi connectivity index (χ0) is 22.0. The largest absolute Gasteiger partial charge is 0.339 e. The van der Waals surface area contributed by atoms with Gasteiger partial charge in [0.05, 0.1) is 16.4 Å². The molecule has 0 bridgehead atoms. The highest BCUT2D eigenvalue weighted by atomic mass is 35.5. The van der Waals surface area contributed by atoms with Crippen LogP contribution < -0.4 is 0 Å². The molecule has 0 saturated heterocycles. The summed E-state index contributed by atoms with van der Waals surface area (Å²) in [5, 5.41) is 10.7. The number of hydrogen-bond donors (Lipinski definition) is 0. The lowest BCUT2D eigenvalue weighted by Gasteiger charge is -2.11. The molecule has 0 amide bonds. The second kappa shape index (κ2) is 9.43. The quantitative estimate of drug-likeness (QED) is 0.258. The summed E-state index contributed by atoms with van der Waals surface area (Å²) < 4.78 is 7.26. The fraction of sp³-hybridized carbons (Fsp3) is 0.261. The van der Waals surface area contributed by atoms with Crippen molar-refractivity contribution in [2.75, 3.05) is 0 Å². The van der Waals surface area contributed by atoms with E-state index in [1.54, 1.807) is 16.8 Å². The highest BCUT2D eigenvalue weighted by Gasteiger charge is 2.23. The van der Waals surface area contributed by atoms with Gasteiger partial charge in [0, 0.05) is 27.6 Å². The lowest BCUT2D eigenvalue weighted by atomic mass is 10.1. The van der Waals surface area contributed by atoms with Gasteiger partial charge in [-0.2, -0.15) is 10.1 Å². The van der Waals surface area contributed by atoms with Crippen molar-refractivity contribution in [2.24, 2.45) is 0 Å². The lowest BCUT2D eigenvalue weighted by molar-refractivity contribution is 0.374. The highest BCUT2D eigenvalue weighted by Crippen LogP contribution is 2.35. The Hall–Kier alpha value is -2.34. The van der Waals surface area contributed by atoms with Crippen LogP contribution in [0.5, 0.6) is 0 Å². The van der Waals surface area contributed by atoms with E-state index in [0.29, 0.717) is 38.2 Å². The van der Waals surface area contributed by atoms with Crippen molar-refractivity contribution in [1.29, 1.82) is 0 Å². The summed E-state index contributed by atoms with van der Waals surface area (Å²) in [6, 6.07) is 12.9. The molecule has 8 heteroatoms. The van der Waals surface area contributed by atoms with Gasteiger partial charge in [-0.25, -0.2) is 4.68 Å². The van der Waals surface area contributed by atoms with Gasteiger partial charge in [0.2, 0.25) is 11.7 Å². The van der Waals surface area contributed by atoms with Crippen molar-refractivity contribution in [1.82, 2.24) is 19.9 Å². The first-order chi connectivity index (χ1) is 15.0. The molecule has 0 aliphatic heterocycles. The Kier molecular flexibility index (Phi) is 6.65. The maximum Gasteiger partial charge on any atom is 0.227 e. The van der Waals surface area contributed by atoms with Gasteiger partial charge in [-0.1, -0.05) is 71.9 Å². The van der Waals surface area contributed by atoms with Crippen molar-refractivity contribution < 1.29 is 4.52 Å². The average molecular weight is 476 g/mol. The van der Waals surface area contributed by atoms with Gasteiger partial charge in [0.1, 0.15) is 5.69 Å². The summed E-state index contributed by atoms with van der Waals surface area (Å²) in [6.45, 7) is 4.15. The second-order valence-corrected chi connectivity index (χ2v) is 8.59. The molecule has 0 atom stereocenters. The van der Waals surface area contributed by atoms with E-state index in [9.17, 15) is 0 Å². The van der Waals surface area contributed by atoms with Crippen molar-refractivity contribution in [3.05, 3.63) is 69.0 Å². The Morgan fingerprint density at radius 1 is 0.968 bits per heavy atom. The Bertz CT molecular complexity index is 1200. The first kappa shape index (κ1) is 21.9. The minimum Gasteiger partial charge on any atom is -0.339 e. The molecule has 2 heterocycles. The van der Waals surface area contributed by atoms with Crippen molar-refractivity contribution in [3.63, 3.8) is 0 Å². The second-order valence-electron chi connectivity index (χ2n) is 7.31. The molecule has 31 heavy (non-hydrogen) atoms. The Balaban J connectivity index is 1.83. The third-order valence-electron chi connectivity index (χ3n) is 5.05. The molecule has 4 rings (SSSR count). The summed E-state index contributed by atoms with van der Waals surface area (Å²) in [5.74, 6) is 1.08. The normalized spacial score (nSPS) is 11.3. The van der Waals surface area contributed by atoms with Gasteiger partial charge in [-0.15, -0.1) is 0 Å². The van der Waals surface area contributed by atoms with Gasteiger partial charge >= 0.3 is 0 Å². The van der Waals surface area contributed by atoms with Crippen LogP contribution in [0.25, 0.3) is 28.5 Å². The van der Waals surface area contributed by atoms with Gasteiger partial charge in [0.15, 0.2) is 0 Å². The van der Waals surface area contributed by atoms with Crippen molar-refractivity contribution in [3.8, 4) is 28.5 Å². The van der Waals surface area contributed by atoms with Crippen LogP contribution in [0.2, 0.25) is 15.1 Å². The van der Waals surface area contributed by atoms with E-state index < -0.39 is 0 Å². The van der Waals surface area contributed by atoms with E-state index in [1.807, 2.05) is 37.3 Å². The molecule has 0 saturated carbocycles. The predicted octanol–water partition coefficient (Wildman–Crippen LogP) is 7.59. The number of nitrogens with zero attached hydrogens (tertiary/aromatic N) is 4. The van der Waals surface area contributed by atoms with Crippen LogP contribution in [0.1, 0.15) is 37.6 Å². The van der Waals surface area contributed by atoms with Crippen LogP contribution in [-0.4, -0.2) is 19.9 Å². The topological polar surface area (TPSA) is 56.7 Å². The third-order valence-corrected chi connectivity index (χ3v) is 5.84. The average Bonchev–Trinajstić information content (AvgIpc) is 3.33. The Morgan fingerprint density at radius 3 is 2.42 bits per heavy atom. The van der Waals surface area contributed by atoms with Crippen molar-refractivity contribution >= 4 is 34.8 Å². The van der Waals surface area contributed by atoms with Gasteiger partial charge < -0.3 is 4.52 Å². The lowest BCUT2D eigenvalue weighted by Crippen LogP contribution is -2.00. The first-order valence-corrected chi connectivity index (χ1v) is 11.2. The molecule has 0 fully saturated rings. The summed E-state index contributed by atoms with van der Waals surface area (Å²) in [6.07, 6.45) is 4.04. The maximum atomic E-state index is 6.52. The minimum atomic E-state index is 0.461.